The van der Waals surface area contributed by atoms with Crippen molar-refractivity contribution in [2.45, 2.75) is 24.2 Å². The second-order valence-corrected chi connectivity index (χ2v) is 4.68. The Balaban J connectivity index is 2.61. The van der Waals surface area contributed by atoms with Crippen LogP contribution in [0.15, 0.2) is 18.6 Å². The molecule has 0 radical (unpaired) electrons. The predicted molar refractivity (Wildman–Crippen MR) is 55.2 cm³/mol. The number of rotatable bonds is 3. The Labute approximate surface area is 87.5 Å². The Morgan fingerprint density at radius 3 is 2.69 bits per heavy atom. The van der Waals surface area contributed by atoms with Crippen molar-refractivity contribution in [1.82, 2.24) is 9.97 Å². The molecule has 1 unspecified atom stereocenters. The number of nitrogens with one attached hydrogen (secondary N) is 1. The van der Waals surface area contributed by atoms with Gasteiger partial charge in [-0.2, -0.15) is 0 Å². The monoisotopic (exact) mass is 219 g/mol. The average Bonchev–Trinajstić information content (AvgIpc) is 2.04. The predicted octanol–water partition coefficient (Wildman–Crippen LogP) is 2.47. The molecule has 0 fully saturated rings. The summed E-state index contributed by atoms with van der Waals surface area (Å²) in [4.78, 5) is 7.79. The van der Waals surface area contributed by atoms with Crippen LogP contribution in [0, 0.1) is 0 Å². The van der Waals surface area contributed by atoms with Gasteiger partial charge >= 0.3 is 0 Å². The summed E-state index contributed by atoms with van der Waals surface area (Å²) in [6.45, 7) is 3.62. The van der Waals surface area contributed by atoms with Gasteiger partial charge in [-0.25, -0.2) is 9.97 Å². The third-order valence-corrected chi connectivity index (χ3v) is 2.36. The van der Waals surface area contributed by atoms with E-state index in [0.717, 1.165) is 5.82 Å². The van der Waals surface area contributed by atoms with Crippen molar-refractivity contribution < 1.29 is 0 Å². The lowest BCUT2D eigenvalue weighted by atomic mass is 10.2. The fraction of sp³-hybridized carbons (Fsp3) is 0.500. The first-order valence-electron chi connectivity index (χ1n) is 3.90. The fourth-order valence-electron chi connectivity index (χ4n) is 0.725. The van der Waals surface area contributed by atoms with Gasteiger partial charge in [0.1, 0.15) is 16.5 Å². The molecule has 1 heterocycles. The maximum Gasteiger partial charge on any atom is 0.135 e. The van der Waals surface area contributed by atoms with Crippen molar-refractivity contribution in [3.05, 3.63) is 18.6 Å². The highest BCUT2D eigenvalue weighted by Crippen LogP contribution is 2.25. The molecular formula is C8H11Cl2N3. The van der Waals surface area contributed by atoms with Gasteiger partial charge in [-0.15, -0.1) is 0 Å². The SMILES string of the molecule is CC(Nc1ccncn1)C(C)(Cl)Cl. The summed E-state index contributed by atoms with van der Waals surface area (Å²) < 4.78 is -0.815. The van der Waals surface area contributed by atoms with Crippen LogP contribution in [0.2, 0.25) is 0 Å². The largest absolute Gasteiger partial charge is 0.365 e. The van der Waals surface area contributed by atoms with Gasteiger partial charge < -0.3 is 5.32 Å². The molecule has 5 heteroatoms. The smallest absolute Gasteiger partial charge is 0.135 e. The second-order valence-electron chi connectivity index (χ2n) is 2.92. The molecule has 0 saturated carbocycles. The lowest BCUT2D eigenvalue weighted by molar-refractivity contribution is 0.712. The molecule has 0 aliphatic heterocycles. The van der Waals surface area contributed by atoms with Gasteiger partial charge in [-0.3, -0.25) is 0 Å². The van der Waals surface area contributed by atoms with E-state index < -0.39 is 4.33 Å². The molecule has 1 atom stereocenters. The topological polar surface area (TPSA) is 37.8 Å². The zero-order chi connectivity index (χ0) is 9.90. The first-order valence-corrected chi connectivity index (χ1v) is 4.66. The highest BCUT2D eigenvalue weighted by atomic mass is 35.5. The molecule has 0 aliphatic carbocycles. The summed E-state index contributed by atoms with van der Waals surface area (Å²) >= 11 is 11.8. The third-order valence-electron chi connectivity index (χ3n) is 1.71. The third kappa shape index (κ3) is 3.36. The Hall–Kier alpha value is -0.540. The molecule has 72 valence electrons. The zero-order valence-corrected chi connectivity index (χ0v) is 8.97. The van der Waals surface area contributed by atoms with Gasteiger partial charge in [0.25, 0.3) is 0 Å². The lowest BCUT2D eigenvalue weighted by Gasteiger charge is -2.23. The van der Waals surface area contributed by atoms with Crippen LogP contribution in [0.3, 0.4) is 0 Å². The first-order chi connectivity index (χ1) is 6.00. The van der Waals surface area contributed by atoms with E-state index in [1.807, 2.05) is 6.92 Å². The highest BCUT2D eigenvalue weighted by molar-refractivity contribution is 6.48. The first kappa shape index (κ1) is 10.5. The quantitative estimate of drug-likeness (QED) is 0.795. The molecule has 1 rings (SSSR count). The van der Waals surface area contributed by atoms with Crippen molar-refractivity contribution in [3.63, 3.8) is 0 Å². The van der Waals surface area contributed by atoms with Crippen LogP contribution < -0.4 is 5.32 Å². The molecular weight excluding hydrogens is 209 g/mol. The van der Waals surface area contributed by atoms with Gasteiger partial charge in [-0.05, 0) is 19.9 Å². The molecule has 3 nitrogen and oxygen atoms in total. The Bertz CT molecular complexity index is 258. The summed E-state index contributed by atoms with van der Waals surface area (Å²) in [5.74, 6) is 0.718. The summed E-state index contributed by atoms with van der Waals surface area (Å²) in [6, 6.07) is 1.68. The summed E-state index contributed by atoms with van der Waals surface area (Å²) in [7, 11) is 0. The summed E-state index contributed by atoms with van der Waals surface area (Å²) in [5.41, 5.74) is 0. The Kier molecular flexibility index (Phi) is 3.33. The van der Waals surface area contributed by atoms with Gasteiger partial charge in [0, 0.05) is 6.20 Å². The van der Waals surface area contributed by atoms with Crippen LogP contribution in [0.4, 0.5) is 5.82 Å². The second kappa shape index (κ2) is 4.11. The molecule has 1 aromatic rings. The van der Waals surface area contributed by atoms with Crippen molar-refractivity contribution in [2.24, 2.45) is 0 Å². The minimum absolute atomic E-state index is 0.0780. The molecule has 0 bridgehead atoms. The number of anilines is 1. The van der Waals surface area contributed by atoms with Gasteiger partial charge in [0.2, 0.25) is 0 Å². The molecule has 0 aromatic carbocycles. The minimum atomic E-state index is -0.815. The highest BCUT2D eigenvalue weighted by Gasteiger charge is 2.25. The Morgan fingerprint density at radius 1 is 1.54 bits per heavy atom. The van der Waals surface area contributed by atoms with Crippen LogP contribution in [-0.2, 0) is 0 Å². The Morgan fingerprint density at radius 2 is 2.23 bits per heavy atom. The fourth-order valence-corrected chi connectivity index (χ4v) is 0.834. The number of hydrogen-bond donors (Lipinski definition) is 1. The molecule has 1 N–H and O–H groups in total. The average molecular weight is 220 g/mol. The molecule has 0 saturated heterocycles. The van der Waals surface area contributed by atoms with E-state index >= 15 is 0 Å². The molecule has 0 aliphatic rings. The number of aromatic nitrogens is 2. The number of nitrogens with zero attached hydrogens (tertiary/aromatic N) is 2. The standard InChI is InChI=1S/C8H11Cl2N3/c1-6(8(2,9)10)13-7-3-4-11-5-12-7/h3-6H,1-2H3,(H,11,12,13). The van der Waals surface area contributed by atoms with E-state index in [4.69, 9.17) is 23.2 Å². The van der Waals surface area contributed by atoms with E-state index in [2.05, 4.69) is 15.3 Å². The molecule has 13 heavy (non-hydrogen) atoms. The minimum Gasteiger partial charge on any atom is -0.365 e. The summed E-state index contributed by atoms with van der Waals surface area (Å²) in [6.07, 6.45) is 3.12. The molecule has 1 aromatic heterocycles. The maximum atomic E-state index is 5.89. The summed E-state index contributed by atoms with van der Waals surface area (Å²) in [5, 5.41) is 3.07. The van der Waals surface area contributed by atoms with E-state index in [9.17, 15) is 0 Å². The van der Waals surface area contributed by atoms with E-state index in [1.54, 1.807) is 19.2 Å². The number of alkyl halides is 2. The zero-order valence-electron chi connectivity index (χ0n) is 7.46. The van der Waals surface area contributed by atoms with E-state index in [1.165, 1.54) is 6.33 Å². The van der Waals surface area contributed by atoms with E-state index in [-0.39, 0.29) is 6.04 Å². The van der Waals surface area contributed by atoms with Crippen LogP contribution in [0.1, 0.15) is 13.8 Å². The van der Waals surface area contributed by atoms with Gasteiger partial charge in [-0.1, -0.05) is 23.2 Å². The van der Waals surface area contributed by atoms with Gasteiger partial charge in [0.15, 0.2) is 0 Å². The van der Waals surface area contributed by atoms with Crippen LogP contribution in [-0.4, -0.2) is 20.3 Å². The van der Waals surface area contributed by atoms with Crippen LogP contribution >= 0.6 is 23.2 Å². The lowest BCUT2D eigenvalue weighted by Crippen LogP contribution is -2.32. The van der Waals surface area contributed by atoms with Crippen molar-refractivity contribution in [3.8, 4) is 0 Å². The van der Waals surface area contributed by atoms with Gasteiger partial charge in [0.05, 0.1) is 6.04 Å². The van der Waals surface area contributed by atoms with Crippen molar-refractivity contribution in [2.75, 3.05) is 5.32 Å². The number of hydrogen-bond acceptors (Lipinski definition) is 3. The van der Waals surface area contributed by atoms with Crippen molar-refractivity contribution in [1.29, 1.82) is 0 Å². The number of halogens is 2. The molecule has 0 amide bonds. The van der Waals surface area contributed by atoms with Crippen molar-refractivity contribution >= 4 is 29.0 Å². The maximum absolute atomic E-state index is 5.89. The van der Waals surface area contributed by atoms with Crippen LogP contribution in [0.5, 0.6) is 0 Å². The normalized spacial score (nSPS) is 13.8. The van der Waals surface area contributed by atoms with E-state index in [0.29, 0.717) is 0 Å². The molecule has 0 spiro atoms. The van der Waals surface area contributed by atoms with Crippen LogP contribution in [0.25, 0.3) is 0 Å².